The highest BCUT2D eigenvalue weighted by Crippen LogP contribution is 2.06. The lowest BCUT2D eigenvalue weighted by atomic mass is 10.1. The second-order valence-electron chi connectivity index (χ2n) is 3.77. The van der Waals surface area contributed by atoms with E-state index >= 15 is 0 Å². The molecule has 0 saturated carbocycles. The quantitative estimate of drug-likeness (QED) is 0.742. The van der Waals surface area contributed by atoms with E-state index in [2.05, 4.69) is 47.1 Å². The van der Waals surface area contributed by atoms with Crippen LogP contribution < -0.4 is 0 Å². The summed E-state index contributed by atoms with van der Waals surface area (Å²) in [6, 6.07) is 10.5. The minimum Gasteiger partial charge on any atom is -0.325 e. The molecule has 0 N–H and O–H groups in total. The van der Waals surface area contributed by atoms with Gasteiger partial charge in [0.15, 0.2) is 6.33 Å². The zero-order valence-electron chi connectivity index (χ0n) is 9.20. The average Bonchev–Trinajstić information content (AvgIpc) is 2.59. The molecule has 0 aliphatic carbocycles. The summed E-state index contributed by atoms with van der Waals surface area (Å²) < 4.78 is 2.09. The van der Waals surface area contributed by atoms with Crippen LogP contribution in [-0.4, -0.2) is 9.55 Å². The zero-order chi connectivity index (χ0) is 10.7. The number of hydrogen-bond donors (Lipinski definition) is 0. The Morgan fingerprint density at radius 2 is 1.93 bits per heavy atom. The molecule has 2 heteroatoms. The number of aromatic nitrogens is 2. The third-order valence-electron chi connectivity index (χ3n) is 2.73. The van der Waals surface area contributed by atoms with Gasteiger partial charge in [-0.3, -0.25) is 0 Å². The van der Waals surface area contributed by atoms with Crippen molar-refractivity contribution in [3.05, 3.63) is 53.6 Å². The van der Waals surface area contributed by atoms with E-state index in [0.717, 1.165) is 18.7 Å². The fourth-order valence-corrected chi connectivity index (χ4v) is 1.59. The maximum Gasteiger partial charge on any atom is 0.176 e. The van der Waals surface area contributed by atoms with Gasteiger partial charge in [0, 0.05) is 12.2 Å². The van der Waals surface area contributed by atoms with Gasteiger partial charge in [-0.25, -0.2) is 4.98 Å². The molecule has 0 aliphatic heterocycles. The zero-order valence-corrected chi connectivity index (χ0v) is 9.20. The fraction of sp³-hybridized carbons (Fsp3) is 0.308. The van der Waals surface area contributed by atoms with E-state index < -0.39 is 0 Å². The summed E-state index contributed by atoms with van der Waals surface area (Å²) in [6.45, 7) is 5.06. The summed E-state index contributed by atoms with van der Waals surface area (Å²) in [5.41, 5.74) is 3.64. The summed E-state index contributed by atoms with van der Waals surface area (Å²) in [7, 11) is 0. The molecule has 1 radical (unpaired) electrons. The third kappa shape index (κ3) is 2.27. The molecular weight excluding hydrogens is 184 g/mol. The van der Waals surface area contributed by atoms with Gasteiger partial charge in [0.1, 0.15) is 0 Å². The fourth-order valence-electron chi connectivity index (χ4n) is 1.59. The van der Waals surface area contributed by atoms with Crippen LogP contribution in [0.15, 0.2) is 30.3 Å². The Bertz CT molecular complexity index is 429. The van der Waals surface area contributed by atoms with Gasteiger partial charge in [-0.15, -0.1) is 0 Å². The molecule has 0 amide bonds. The van der Waals surface area contributed by atoms with Gasteiger partial charge >= 0.3 is 0 Å². The van der Waals surface area contributed by atoms with Crippen LogP contribution >= 0.6 is 0 Å². The van der Waals surface area contributed by atoms with Crippen molar-refractivity contribution in [3.63, 3.8) is 0 Å². The predicted octanol–water partition coefficient (Wildman–Crippen LogP) is 2.54. The van der Waals surface area contributed by atoms with Gasteiger partial charge < -0.3 is 4.57 Å². The number of rotatable bonds is 3. The highest BCUT2D eigenvalue weighted by Gasteiger charge is 2.02. The summed E-state index contributed by atoms with van der Waals surface area (Å²) in [5.74, 6) is 0. The van der Waals surface area contributed by atoms with Crippen molar-refractivity contribution in [3.8, 4) is 0 Å². The van der Waals surface area contributed by atoms with E-state index in [1.54, 1.807) is 0 Å². The maximum absolute atomic E-state index is 4.17. The van der Waals surface area contributed by atoms with E-state index in [9.17, 15) is 0 Å². The molecule has 1 heterocycles. The molecular formula is C13H15N2. The molecule has 2 aromatic rings. The number of nitrogens with zero attached hydrogens (tertiary/aromatic N) is 2. The first-order valence-corrected chi connectivity index (χ1v) is 5.22. The highest BCUT2D eigenvalue weighted by molar-refractivity contribution is 5.15. The first kappa shape index (κ1) is 9.97. The Morgan fingerprint density at radius 1 is 1.20 bits per heavy atom. The predicted molar refractivity (Wildman–Crippen MR) is 60.7 cm³/mol. The van der Waals surface area contributed by atoms with Gasteiger partial charge in [-0.1, -0.05) is 30.3 Å². The number of benzene rings is 1. The largest absolute Gasteiger partial charge is 0.325 e. The molecule has 0 fully saturated rings. The van der Waals surface area contributed by atoms with E-state index in [0.29, 0.717) is 0 Å². The van der Waals surface area contributed by atoms with Gasteiger partial charge in [-0.05, 0) is 25.8 Å². The van der Waals surface area contributed by atoms with Gasteiger partial charge in [0.05, 0.1) is 5.69 Å². The first-order valence-electron chi connectivity index (χ1n) is 5.22. The molecule has 0 unspecified atom stereocenters. The molecule has 1 aromatic carbocycles. The van der Waals surface area contributed by atoms with Crippen molar-refractivity contribution in [1.29, 1.82) is 0 Å². The first-order chi connectivity index (χ1) is 7.27. The van der Waals surface area contributed by atoms with Gasteiger partial charge in [0.25, 0.3) is 0 Å². The molecule has 2 rings (SSSR count). The lowest BCUT2D eigenvalue weighted by Gasteiger charge is -2.04. The smallest absolute Gasteiger partial charge is 0.176 e. The lowest BCUT2D eigenvalue weighted by Crippen LogP contribution is -2.02. The second kappa shape index (κ2) is 4.30. The van der Waals surface area contributed by atoms with Crippen LogP contribution in [-0.2, 0) is 13.0 Å². The SMILES string of the molecule is Cc1n[c]n(CCc2ccccc2)c1C. The van der Waals surface area contributed by atoms with Crippen molar-refractivity contribution >= 4 is 0 Å². The highest BCUT2D eigenvalue weighted by atomic mass is 15.0. The summed E-state index contributed by atoms with van der Waals surface area (Å²) >= 11 is 0. The van der Waals surface area contributed by atoms with E-state index in [1.807, 2.05) is 13.0 Å². The molecule has 2 nitrogen and oxygen atoms in total. The van der Waals surface area contributed by atoms with Crippen molar-refractivity contribution in [2.45, 2.75) is 26.8 Å². The Kier molecular flexibility index (Phi) is 2.86. The summed E-state index contributed by atoms with van der Waals surface area (Å²) in [4.78, 5) is 4.17. The topological polar surface area (TPSA) is 17.8 Å². The molecule has 0 saturated heterocycles. The van der Waals surface area contributed by atoms with Crippen molar-refractivity contribution in [2.75, 3.05) is 0 Å². The van der Waals surface area contributed by atoms with Crippen LogP contribution in [0.4, 0.5) is 0 Å². The molecule has 77 valence electrons. The van der Waals surface area contributed by atoms with E-state index in [-0.39, 0.29) is 0 Å². The molecule has 0 aliphatic rings. The van der Waals surface area contributed by atoms with Crippen molar-refractivity contribution < 1.29 is 0 Å². The molecule has 0 atom stereocenters. The third-order valence-corrected chi connectivity index (χ3v) is 2.73. The standard InChI is InChI=1S/C13H15N2/c1-11-12(2)15(10-14-11)9-8-13-6-4-3-5-7-13/h3-7H,8-9H2,1-2H3. The summed E-state index contributed by atoms with van der Waals surface area (Å²) in [6.07, 6.45) is 4.05. The van der Waals surface area contributed by atoms with Crippen LogP contribution in [0.25, 0.3) is 0 Å². The Hall–Kier alpha value is -1.57. The van der Waals surface area contributed by atoms with Crippen LogP contribution in [0.2, 0.25) is 0 Å². The second-order valence-corrected chi connectivity index (χ2v) is 3.77. The minimum atomic E-state index is 0.955. The van der Waals surface area contributed by atoms with E-state index in [1.165, 1.54) is 11.3 Å². The normalized spacial score (nSPS) is 10.5. The number of imidazole rings is 1. The molecule has 0 spiro atoms. The van der Waals surface area contributed by atoms with Crippen LogP contribution in [0.5, 0.6) is 0 Å². The minimum absolute atomic E-state index is 0.955. The lowest BCUT2D eigenvalue weighted by molar-refractivity contribution is 0.672. The molecule has 15 heavy (non-hydrogen) atoms. The van der Waals surface area contributed by atoms with Gasteiger partial charge in [-0.2, -0.15) is 0 Å². The summed E-state index contributed by atoms with van der Waals surface area (Å²) in [5, 5.41) is 0. The van der Waals surface area contributed by atoms with Crippen LogP contribution in [0.1, 0.15) is 17.0 Å². The monoisotopic (exact) mass is 199 g/mol. The van der Waals surface area contributed by atoms with Crippen LogP contribution in [0.3, 0.4) is 0 Å². The molecule has 0 bridgehead atoms. The molecule has 1 aromatic heterocycles. The Morgan fingerprint density at radius 3 is 2.53 bits per heavy atom. The van der Waals surface area contributed by atoms with E-state index in [4.69, 9.17) is 0 Å². The van der Waals surface area contributed by atoms with Gasteiger partial charge in [0.2, 0.25) is 0 Å². The number of hydrogen-bond acceptors (Lipinski definition) is 1. The van der Waals surface area contributed by atoms with Crippen molar-refractivity contribution in [2.24, 2.45) is 0 Å². The average molecular weight is 199 g/mol. The number of aryl methyl sites for hydroxylation is 3. The Balaban J connectivity index is 2.02. The van der Waals surface area contributed by atoms with Crippen LogP contribution in [0, 0.1) is 20.2 Å². The maximum atomic E-state index is 4.17. The Labute approximate surface area is 90.6 Å². The van der Waals surface area contributed by atoms with Crippen molar-refractivity contribution in [1.82, 2.24) is 9.55 Å².